The summed E-state index contributed by atoms with van der Waals surface area (Å²) in [5, 5.41) is 3.16. The fourth-order valence-corrected chi connectivity index (χ4v) is 1.29. The lowest BCUT2D eigenvalue weighted by molar-refractivity contribution is -0.143. The Bertz CT molecular complexity index is 228. The van der Waals surface area contributed by atoms with Gasteiger partial charge >= 0.3 is 5.97 Å². The van der Waals surface area contributed by atoms with Crippen LogP contribution >= 0.6 is 0 Å². The number of nitrogens with one attached hydrogen (secondary N) is 1. The van der Waals surface area contributed by atoms with Crippen molar-refractivity contribution in [3.8, 4) is 11.8 Å². The van der Waals surface area contributed by atoms with E-state index in [9.17, 15) is 4.79 Å². The first-order chi connectivity index (χ1) is 7.26. The number of unbranched alkanes of at least 4 members (excludes halogenated alkanes) is 1. The SMILES string of the molecule is CC#CCCNC(CCCC)C(=O)OC. The molecule has 0 amide bonds. The van der Waals surface area contributed by atoms with Crippen molar-refractivity contribution in [2.45, 2.75) is 45.6 Å². The third-order valence-electron chi connectivity index (χ3n) is 2.15. The normalized spacial score (nSPS) is 11.4. The highest BCUT2D eigenvalue weighted by Crippen LogP contribution is 2.02. The summed E-state index contributed by atoms with van der Waals surface area (Å²) in [4.78, 5) is 11.4. The zero-order valence-corrected chi connectivity index (χ0v) is 9.93. The van der Waals surface area contributed by atoms with Gasteiger partial charge in [0.05, 0.1) is 7.11 Å². The van der Waals surface area contributed by atoms with Gasteiger partial charge in [0.1, 0.15) is 6.04 Å². The van der Waals surface area contributed by atoms with Crippen LogP contribution in [0.4, 0.5) is 0 Å². The molecule has 0 fully saturated rings. The minimum atomic E-state index is -0.173. The molecule has 0 bridgehead atoms. The number of carbonyl (C=O) groups excluding carboxylic acids is 1. The van der Waals surface area contributed by atoms with E-state index in [4.69, 9.17) is 4.74 Å². The Kier molecular flexibility index (Phi) is 8.90. The van der Waals surface area contributed by atoms with Crippen LogP contribution in [0.1, 0.15) is 39.5 Å². The second-order valence-corrected chi connectivity index (χ2v) is 3.35. The molecular weight excluding hydrogens is 190 g/mol. The molecule has 3 heteroatoms. The van der Waals surface area contributed by atoms with Gasteiger partial charge in [-0.1, -0.05) is 19.8 Å². The van der Waals surface area contributed by atoms with Gasteiger partial charge in [-0.2, -0.15) is 0 Å². The molecule has 0 spiro atoms. The summed E-state index contributed by atoms with van der Waals surface area (Å²) in [7, 11) is 1.43. The standard InChI is InChI=1S/C12H21NO2/c1-4-6-8-10-13-11(9-7-5-2)12(14)15-3/h11,13H,5,7-10H2,1-3H3. The lowest BCUT2D eigenvalue weighted by atomic mass is 10.1. The molecule has 1 N–H and O–H groups in total. The monoisotopic (exact) mass is 211 g/mol. The number of carbonyl (C=O) groups is 1. The van der Waals surface area contributed by atoms with Crippen LogP contribution in [-0.2, 0) is 9.53 Å². The molecule has 0 aromatic heterocycles. The molecule has 0 aromatic carbocycles. The van der Waals surface area contributed by atoms with Crippen molar-refractivity contribution in [2.24, 2.45) is 0 Å². The highest BCUT2D eigenvalue weighted by molar-refractivity contribution is 5.75. The van der Waals surface area contributed by atoms with Crippen LogP contribution in [-0.4, -0.2) is 25.7 Å². The molecular formula is C12H21NO2. The minimum Gasteiger partial charge on any atom is -0.468 e. The van der Waals surface area contributed by atoms with Crippen molar-refractivity contribution >= 4 is 5.97 Å². The molecule has 3 nitrogen and oxygen atoms in total. The van der Waals surface area contributed by atoms with Crippen LogP contribution in [0.3, 0.4) is 0 Å². The quantitative estimate of drug-likeness (QED) is 0.396. The molecule has 15 heavy (non-hydrogen) atoms. The second kappa shape index (κ2) is 9.54. The Morgan fingerprint density at radius 3 is 2.80 bits per heavy atom. The van der Waals surface area contributed by atoms with E-state index in [0.717, 1.165) is 32.2 Å². The number of ether oxygens (including phenoxy) is 1. The average molecular weight is 211 g/mol. The molecule has 86 valence electrons. The zero-order valence-electron chi connectivity index (χ0n) is 9.93. The number of rotatable bonds is 7. The molecule has 1 unspecified atom stereocenters. The van der Waals surface area contributed by atoms with Gasteiger partial charge in [-0.3, -0.25) is 4.79 Å². The van der Waals surface area contributed by atoms with E-state index in [1.165, 1.54) is 7.11 Å². The van der Waals surface area contributed by atoms with Gasteiger partial charge in [-0.15, -0.1) is 11.8 Å². The van der Waals surface area contributed by atoms with E-state index in [1.807, 2.05) is 6.92 Å². The molecule has 0 aliphatic heterocycles. The average Bonchev–Trinajstić information content (AvgIpc) is 2.27. The van der Waals surface area contributed by atoms with Crippen LogP contribution in [0.2, 0.25) is 0 Å². The summed E-state index contributed by atoms with van der Waals surface area (Å²) in [6, 6.07) is -0.173. The largest absolute Gasteiger partial charge is 0.468 e. The summed E-state index contributed by atoms with van der Waals surface area (Å²) in [5.41, 5.74) is 0. The maximum Gasteiger partial charge on any atom is 0.322 e. The predicted octanol–water partition coefficient (Wildman–Crippen LogP) is 1.72. The lowest BCUT2D eigenvalue weighted by Gasteiger charge is -2.15. The minimum absolute atomic E-state index is 0.173. The molecule has 0 aliphatic rings. The van der Waals surface area contributed by atoms with Crippen LogP contribution in [0.25, 0.3) is 0 Å². The molecule has 0 aromatic rings. The van der Waals surface area contributed by atoms with E-state index >= 15 is 0 Å². The van der Waals surface area contributed by atoms with Crippen molar-refractivity contribution in [1.29, 1.82) is 0 Å². The van der Waals surface area contributed by atoms with Crippen LogP contribution in [0, 0.1) is 11.8 Å². The highest BCUT2D eigenvalue weighted by Gasteiger charge is 2.16. The number of methoxy groups -OCH3 is 1. The number of hydrogen-bond donors (Lipinski definition) is 1. The zero-order chi connectivity index (χ0) is 11.5. The Morgan fingerprint density at radius 2 is 2.27 bits per heavy atom. The molecule has 0 saturated carbocycles. The predicted molar refractivity (Wildman–Crippen MR) is 61.4 cm³/mol. The fourth-order valence-electron chi connectivity index (χ4n) is 1.29. The molecule has 0 aliphatic carbocycles. The van der Waals surface area contributed by atoms with Gasteiger partial charge in [-0.05, 0) is 13.3 Å². The molecule has 1 atom stereocenters. The Hall–Kier alpha value is -1.01. The topological polar surface area (TPSA) is 38.3 Å². The van der Waals surface area contributed by atoms with Gasteiger partial charge < -0.3 is 10.1 Å². The molecule has 0 radical (unpaired) electrons. The van der Waals surface area contributed by atoms with E-state index in [0.29, 0.717) is 0 Å². The summed E-state index contributed by atoms with van der Waals surface area (Å²) >= 11 is 0. The lowest BCUT2D eigenvalue weighted by Crippen LogP contribution is -2.38. The van der Waals surface area contributed by atoms with Crippen molar-refractivity contribution in [3.63, 3.8) is 0 Å². The van der Waals surface area contributed by atoms with Gasteiger partial charge in [0.2, 0.25) is 0 Å². The summed E-state index contributed by atoms with van der Waals surface area (Å²) in [6.45, 7) is 4.66. The summed E-state index contributed by atoms with van der Waals surface area (Å²) in [6.07, 6.45) is 3.73. The van der Waals surface area contributed by atoms with E-state index in [2.05, 4.69) is 24.1 Å². The Balaban J connectivity index is 3.87. The first-order valence-electron chi connectivity index (χ1n) is 5.47. The van der Waals surface area contributed by atoms with Crippen LogP contribution in [0.15, 0.2) is 0 Å². The maximum atomic E-state index is 11.4. The van der Waals surface area contributed by atoms with Crippen molar-refractivity contribution in [2.75, 3.05) is 13.7 Å². The molecule has 0 rings (SSSR count). The van der Waals surface area contributed by atoms with E-state index in [1.54, 1.807) is 0 Å². The maximum absolute atomic E-state index is 11.4. The van der Waals surface area contributed by atoms with Crippen LogP contribution < -0.4 is 5.32 Å². The van der Waals surface area contributed by atoms with Gasteiger partial charge in [0.15, 0.2) is 0 Å². The Morgan fingerprint density at radius 1 is 1.53 bits per heavy atom. The summed E-state index contributed by atoms with van der Waals surface area (Å²) in [5.74, 6) is 5.60. The smallest absolute Gasteiger partial charge is 0.322 e. The first kappa shape index (κ1) is 14.0. The van der Waals surface area contributed by atoms with Crippen molar-refractivity contribution in [3.05, 3.63) is 0 Å². The Labute approximate surface area is 92.6 Å². The second-order valence-electron chi connectivity index (χ2n) is 3.35. The van der Waals surface area contributed by atoms with Crippen LogP contribution in [0.5, 0.6) is 0 Å². The van der Waals surface area contributed by atoms with Gasteiger partial charge in [0, 0.05) is 13.0 Å². The third kappa shape index (κ3) is 6.98. The molecule has 0 saturated heterocycles. The highest BCUT2D eigenvalue weighted by atomic mass is 16.5. The third-order valence-corrected chi connectivity index (χ3v) is 2.15. The first-order valence-corrected chi connectivity index (χ1v) is 5.47. The number of hydrogen-bond acceptors (Lipinski definition) is 3. The van der Waals surface area contributed by atoms with Crippen molar-refractivity contribution in [1.82, 2.24) is 5.32 Å². The number of esters is 1. The van der Waals surface area contributed by atoms with Gasteiger partial charge in [0.25, 0.3) is 0 Å². The van der Waals surface area contributed by atoms with Crippen molar-refractivity contribution < 1.29 is 9.53 Å². The molecule has 0 heterocycles. The van der Waals surface area contributed by atoms with E-state index < -0.39 is 0 Å². The summed E-state index contributed by atoms with van der Waals surface area (Å²) < 4.78 is 4.73. The fraction of sp³-hybridized carbons (Fsp3) is 0.750. The van der Waals surface area contributed by atoms with E-state index in [-0.39, 0.29) is 12.0 Å². The van der Waals surface area contributed by atoms with Gasteiger partial charge in [-0.25, -0.2) is 0 Å².